The van der Waals surface area contributed by atoms with Crippen molar-refractivity contribution in [2.45, 2.75) is 20.8 Å². The molecule has 7 nitrogen and oxygen atoms in total. The minimum atomic E-state index is -0.476. The Labute approximate surface area is 198 Å². The molecule has 0 saturated carbocycles. The maximum atomic E-state index is 13.7. The number of anilines is 3. The van der Waals surface area contributed by atoms with Crippen molar-refractivity contribution >= 4 is 40.4 Å². The fraction of sp³-hybridized carbons (Fsp3) is 0.148. The number of methoxy groups -OCH3 is 1. The summed E-state index contributed by atoms with van der Waals surface area (Å²) in [6.45, 7) is 5.28. The van der Waals surface area contributed by atoms with Gasteiger partial charge in [-0.05, 0) is 61.4 Å². The Morgan fingerprint density at radius 3 is 2.06 bits per heavy atom. The van der Waals surface area contributed by atoms with Crippen LogP contribution in [0.4, 0.5) is 17.1 Å². The molecular weight excluding hydrogens is 430 g/mol. The second-order valence-electron chi connectivity index (χ2n) is 8.12. The molecule has 7 heteroatoms. The molecule has 0 radical (unpaired) electrons. The Bertz CT molecular complexity index is 1310. The molecular formula is C27H25N3O4. The highest BCUT2D eigenvalue weighted by atomic mass is 16.5. The molecule has 34 heavy (non-hydrogen) atoms. The van der Waals surface area contributed by atoms with E-state index in [1.165, 1.54) is 14.0 Å². The number of imide groups is 1. The summed E-state index contributed by atoms with van der Waals surface area (Å²) in [7, 11) is 1.50. The van der Waals surface area contributed by atoms with Gasteiger partial charge >= 0.3 is 0 Å². The number of nitrogens with one attached hydrogen (secondary N) is 2. The number of rotatable bonds is 6. The largest absolute Gasteiger partial charge is 0.495 e. The highest BCUT2D eigenvalue weighted by molar-refractivity contribution is 6.46. The molecule has 1 aliphatic rings. The van der Waals surface area contributed by atoms with E-state index in [0.717, 1.165) is 16.0 Å². The molecule has 172 valence electrons. The van der Waals surface area contributed by atoms with Gasteiger partial charge in [-0.25, -0.2) is 4.90 Å². The predicted octanol–water partition coefficient (Wildman–Crippen LogP) is 4.67. The first-order valence-corrected chi connectivity index (χ1v) is 10.8. The lowest BCUT2D eigenvalue weighted by atomic mass is 10.0. The normalized spacial score (nSPS) is 13.4. The molecule has 2 N–H and O–H groups in total. The smallest absolute Gasteiger partial charge is 0.282 e. The number of carbonyl (C=O) groups is 3. The topological polar surface area (TPSA) is 87.7 Å². The van der Waals surface area contributed by atoms with Crippen molar-refractivity contribution in [1.82, 2.24) is 0 Å². The second kappa shape index (κ2) is 9.23. The molecule has 0 unspecified atom stereocenters. The number of carbonyl (C=O) groups excluding carboxylic acids is 3. The van der Waals surface area contributed by atoms with Crippen LogP contribution in [0.1, 0.15) is 23.6 Å². The molecule has 0 saturated heterocycles. The van der Waals surface area contributed by atoms with E-state index in [9.17, 15) is 14.4 Å². The number of ether oxygens (including phenoxy) is 1. The quantitative estimate of drug-likeness (QED) is 0.528. The van der Waals surface area contributed by atoms with Gasteiger partial charge in [0.15, 0.2) is 0 Å². The summed E-state index contributed by atoms with van der Waals surface area (Å²) < 4.78 is 5.44. The minimum absolute atomic E-state index is 0.171. The van der Waals surface area contributed by atoms with Gasteiger partial charge in [-0.3, -0.25) is 14.4 Å². The third-order valence-electron chi connectivity index (χ3n) is 5.47. The van der Waals surface area contributed by atoms with E-state index in [4.69, 9.17) is 4.74 Å². The van der Waals surface area contributed by atoms with E-state index in [-0.39, 0.29) is 17.2 Å². The Hall–Kier alpha value is -4.39. The molecule has 0 atom stereocenters. The van der Waals surface area contributed by atoms with Gasteiger partial charge in [-0.15, -0.1) is 0 Å². The van der Waals surface area contributed by atoms with E-state index in [0.29, 0.717) is 28.4 Å². The molecule has 3 aromatic carbocycles. The second-order valence-corrected chi connectivity index (χ2v) is 8.12. The molecule has 0 bridgehead atoms. The summed E-state index contributed by atoms with van der Waals surface area (Å²) in [5.74, 6) is -0.661. The zero-order chi connectivity index (χ0) is 24.4. The van der Waals surface area contributed by atoms with Gasteiger partial charge in [0.2, 0.25) is 5.91 Å². The standard InChI is InChI=1S/C27H25N3O4/c1-16-5-8-19(9-6-16)24-25(29-21-12-10-20(11-13-21)28-18(3)31)27(33)30(26(24)32)22-15-17(2)7-14-23(22)34-4/h5-15,29H,1-4H3,(H,28,31). The number of hydrogen-bond acceptors (Lipinski definition) is 5. The highest BCUT2D eigenvalue weighted by Gasteiger charge is 2.41. The number of hydrogen-bond donors (Lipinski definition) is 2. The molecule has 0 aromatic heterocycles. The summed E-state index contributed by atoms with van der Waals surface area (Å²) in [6, 6.07) is 19.7. The summed E-state index contributed by atoms with van der Waals surface area (Å²) in [4.78, 5) is 39.7. The van der Waals surface area contributed by atoms with E-state index in [2.05, 4.69) is 10.6 Å². The maximum absolute atomic E-state index is 13.7. The molecule has 1 aliphatic heterocycles. The third-order valence-corrected chi connectivity index (χ3v) is 5.47. The van der Waals surface area contributed by atoms with Crippen LogP contribution in [0.5, 0.6) is 5.75 Å². The van der Waals surface area contributed by atoms with Crippen LogP contribution in [0, 0.1) is 13.8 Å². The predicted molar refractivity (Wildman–Crippen MR) is 133 cm³/mol. The van der Waals surface area contributed by atoms with Crippen LogP contribution >= 0.6 is 0 Å². The lowest BCUT2D eigenvalue weighted by Gasteiger charge is -2.19. The van der Waals surface area contributed by atoms with Crippen LogP contribution in [0.3, 0.4) is 0 Å². The van der Waals surface area contributed by atoms with Crippen LogP contribution in [0.25, 0.3) is 5.57 Å². The molecule has 1 heterocycles. The third kappa shape index (κ3) is 4.41. The maximum Gasteiger partial charge on any atom is 0.282 e. The first-order valence-electron chi connectivity index (χ1n) is 10.8. The van der Waals surface area contributed by atoms with Gasteiger partial charge in [0.25, 0.3) is 11.8 Å². The number of aryl methyl sites for hydroxylation is 2. The average molecular weight is 456 g/mol. The van der Waals surface area contributed by atoms with Gasteiger partial charge in [0, 0.05) is 18.3 Å². The van der Waals surface area contributed by atoms with Crippen LogP contribution in [-0.4, -0.2) is 24.8 Å². The van der Waals surface area contributed by atoms with Crippen molar-refractivity contribution < 1.29 is 19.1 Å². The SMILES string of the molecule is COc1ccc(C)cc1N1C(=O)C(Nc2ccc(NC(C)=O)cc2)=C(c2ccc(C)cc2)C1=O. The molecule has 4 rings (SSSR count). The molecule has 3 amide bonds. The molecule has 0 spiro atoms. The number of amides is 3. The van der Waals surface area contributed by atoms with Gasteiger partial charge in [0.05, 0.1) is 18.4 Å². The van der Waals surface area contributed by atoms with Crippen molar-refractivity contribution in [2.75, 3.05) is 22.6 Å². The van der Waals surface area contributed by atoms with Gasteiger partial charge in [-0.2, -0.15) is 0 Å². The molecule has 0 aliphatic carbocycles. The Kier molecular flexibility index (Phi) is 6.19. The van der Waals surface area contributed by atoms with Crippen LogP contribution in [-0.2, 0) is 14.4 Å². The fourth-order valence-corrected chi connectivity index (χ4v) is 3.81. The van der Waals surface area contributed by atoms with Crippen molar-refractivity contribution in [3.63, 3.8) is 0 Å². The summed E-state index contributed by atoms with van der Waals surface area (Å²) in [5, 5.41) is 5.84. The van der Waals surface area contributed by atoms with Crippen molar-refractivity contribution in [3.05, 3.63) is 89.1 Å². The first kappa shape index (κ1) is 22.8. The summed E-state index contributed by atoms with van der Waals surface area (Å²) >= 11 is 0. The van der Waals surface area contributed by atoms with Crippen molar-refractivity contribution in [3.8, 4) is 5.75 Å². The fourth-order valence-electron chi connectivity index (χ4n) is 3.81. The van der Waals surface area contributed by atoms with E-state index in [1.54, 1.807) is 36.4 Å². The zero-order valence-corrected chi connectivity index (χ0v) is 19.4. The number of benzene rings is 3. The molecule has 0 fully saturated rings. The highest BCUT2D eigenvalue weighted by Crippen LogP contribution is 2.38. The monoisotopic (exact) mass is 455 g/mol. The van der Waals surface area contributed by atoms with Gasteiger partial charge in [-0.1, -0.05) is 35.9 Å². The Balaban J connectivity index is 1.78. The van der Waals surface area contributed by atoms with Crippen LogP contribution in [0.2, 0.25) is 0 Å². The zero-order valence-electron chi connectivity index (χ0n) is 19.4. The Morgan fingerprint density at radius 2 is 1.44 bits per heavy atom. The summed E-state index contributed by atoms with van der Waals surface area (Å²) in [5.41, 5.74) is 4.64. The van der Waals surface area contributed by atoms with E-state index in [1.807, 2.05) is 44.2 Å². The summed E-state index contributed by atoms with van der Waals surface area (Å²) in [6.07, 6.45) is 0. The molecule has 3 aromatic rings. The van der Waals surface area contributed by atoms with Crippen LogP contribution < -0.4 is 20.3 Å². The van der Waals surface area contributed by atoms with Gasteiger partial charge in [0.1, 0.15) is 11.4 Å². The van der Waals surface area contributed by atoms with Crippen LogP contribution in [0.15, 0.2) is 72.4 Å². The number of nitrogens with zero attached hydrogens (tertiary/aromatic N) is 1. The van der Waals surface area contributed by atoms with Crippen molar-refractivity contribution in [1.29, 1.82) is 0 Å². The van der Waals surface area contributed by atoms with E-state index >= 15 is 0 Å². The first-order chi connectivity index (χ1) is 16.3. The Morgan fingerprint density at radius 1 is 0.824 bits per heavy atom. The van der Waals surface area contributed by atoms with Gasteiger partial charge < -0.3 is 15.4 Å². The van der Waals surface area contributed by atoms with E-state index < -0.39 is 11.8 Å². The lowest BCUT2D eigenvalue weighted by Crippen LogP contribution is -2.32. The lowest BCUT2D eigenvalue weighted by molar-refractivity contribution is -0.120. The van der Waals surface area contributed by atoms with Crippen molar-refractivity contribution in [2.24, 2.45) is 0 Å². The average Bonchev–Trinajstić information content (AvgIpc) is 3.04. The minimum Gasteiger partial charge on any atom is -0.495 e.